The number of amides is 1. The molecule has 0 aliphatic heterocycles. The largest absolute Gasteiger partial charge is 0.359 e. The molecule has 4 heteroatoms. The summed E-state index contributed by atoms with van der Waals surface area (Å²) in [4.78, 5) is 10.9. The lowest BCUT2D eigenvalue weighted by atomic mass is 10.1. The first kappa shape index (κ1) is 12.4. The second-order valence-electron chi connectivity index (χ2n) is 3.17. The molecule has 0 bridgehead atoms. The quantitative estimate of drug-likeness (QED) is 0.556. The molecule has 1 unspecified atom stereocenters. The molecule has 0 aromatic heterocycles. The number of rotatable bonds is 7. The summed E-state index contributed by atoms with van der Waals surface area (Å²) >= 11 is 0. The molecule has 0 spiro atoms. The molecule has 4 nitrogen and oxygen atoms in total. The second-order valence-corrected chi connectivity index (χ2v) is 3.17. The van der Waals surface area contributed by atoms with Crippen LogP contribution in [0.25, 0.3) is 0 Å². The number of carbonyl (C=O) groups excluding carboxylic acids is 1. The fourth-order valence-electron chi connectivity index (χ4n) is 1.12. The van der Waals surface area contributed by atoms with Crippen LogP contribution in [0, 0.1) is 0 Å². The number of carbonyl (C=O) groups is 1. The van der Waals surface area contributed by atoms with Crippen LogP contribution in [0.15, 0.2) is 0 Å². The number of hydrogen-bond acceptors (Lipinski definition) is 2. The molecule has 13 heavy (non-hydrogen) atoms. The van der Waals surface area contributed by atoms with Gasteiger partial charge in [0, 0.05) is 19.5 Å². The van der Waals surface area contributed by atoms with E-state index in [0.717, 1.165) is 25.8 Å². The lowest BCUT2D eigenvalue weighted by molar-refractivity contribution is -0.121. The Kier molecular flexibility index (Phi) is 7.63. The van der Waals surface area contributed by atoms with E-state index < -0.39 is 0 Å². The molecule has 3 N–H and O–H groups in total. The van der Waals surface area contributed by atoms with Gasteiger partial charge in [0.25, 0.3) is 0 Å². The molecule has 0 fully saturated rings. The minimum absolute atomic E-state index is 0.0337. The molecule has 0 aliphatic rings. The van der Waals surface area contributed by atoms with Crippen LogP contribution in [0.2, 0.25) is 0 Å². The van der Waals surface area contributed by atoms with Crippen LogP contribution >= 0.6 is 0 Å². The van der Waals surface area contributed by atoms with Crippen LogP contribution in [0.5, 0.6) is 0 Å². The van der Waals surface area contributed by atoms with Crippen molar-refractivity contribution in [2.45, 2.75) is 31.7 Å². The van der Waals surface area contributed by atoms with Crippen molar-refractivity contribution in [3.63, 3.8) is 0 Å². The predicted molar refractivity (Wildman–Crippen MR) is 53.3 cm³/mol. The molecule has 0 aromatic carbocycles. The Morgan fingerprint density at radius 3 is 2.62 bits per heavy atom. The van der Waals surface area contributed by atoms with Gasteiger partial charge in [-0.1, -0.05) is 6.42 Å². The zero-order valence-corrected chi connectivity index (χ0v) is 8.52. The molecule has 1 atom stereocenters. The van der Waals surface area contributed by atoms with Crippen molar-refractivity contribution in [1.29, 1.82) is 0 Å². The average Bonchev–Trinajstić information content (AvgIpc) is 2.12. The van der Waals surface area contributed by atoms with Crippen LogP contribution in [-0.2, 0) is 4.79 Å². The summed E-state index contributed by atoms with van der Waals surface area (Å²) in [7, 11) is 3.53. The Hall–Kier alpha value is -0.610. The van der Waals surface area contributed by atoms with E-state index >= 15 is 0 Å². The van der Waals surface area contributed by atoms with Crippen molar-refractivity contribution in [1.82, 2.24) is 16.4 Å². The second kappa shape index (κ2) is 8.01. The smallest absolute Gasteiger partial charge is 0.221 e. The third kappa shape index (κ3) is 7.74. The highest BCUT2D eigenvalue weighted by Crippen LogP contribution is 2.02. The van der Waals surface area contributed by atoms with E-state index in [4.69, 9.17) is 5.73 Å². The van der Waals surface area contributed by atoms with Crippen molar-refractivity contribution in [2.24, 2.45) is 0 Å². The van der Waals surface area contributed by atoms with Gasteiger partial charge in [-0.05, 0) is 26.4 Å². The number of nitrogens with one attached hydrogen (secondary N) is 3. The van der Waals surface area contributed by atoms with Crippen molar-refractivity contribution in [2.75, 3.05) is 20.6 Å². The van der Waals surface area contributed by atoms with Crippen LogP contribution < -0.4 is 16.4 Å². The Labute approximate surface area is 80.3 Å². The normalized spacial score (nSPS) is 12.5. The van der Waals surface area contributed by atoms with E-state index in [2.05, 4.69) is 10.6 Å². The number of unbranched alkanes of at least 4 members (excludes halogenated alkanes) is 1. The van der Waals surface area contributed by atoms with Gasteiger partial charge in [-0.2, -0.15) is 0 Å². The Bertz CT molecular complexity index is 139. The fourth-order valence-corrected chi connectivity index (χ4v) is 1.12. The predicted octanol–water partition coefficient (Wildman–Crippen LogP) is 0.164. The molecular formula is C9H20N3O. The third-order valence-corrected chi connectivity index (χ3v) is 1.94. The van der Waals surface area contributed by atoms with Crippen molar-refractivity contribution in [3.8, 4) is 0 Å². The van der Waals surface area contributed by atoms with E-state index in [-0.39, 0.29) is 11.9 Å². The summed E-state index contributed by atoms with van der Waals surface area (Å²) < 4.78 is 0. The molecule has 77 valence electrons. The fraction of sp³-hybridized carbons (Fsp3) is 0.889. The summed E-state index contributed by atoms with van der Waals surface area (Å²) in [5.74, 6) is -0.0337. The SMILES string of the molecule is CNCCCCC([NH])CC(=O)NC. The first-order chi connectivity index (χ1) is 6.20. The van der Waals surface area contributed by atoms with Crippen LogP contribution in [0.4, 0.5) is 0 Å². The van der Waals surface area contributed by atoms with Gasteiger partial charge in [0.05, 0.1) is 0 Å². The molecule has 0 aromatic rings. The topological polar surface area (TPSA) is 64.9 Å². The lowest BCUT2D eigenvalue weighted by Gasteiger charge is -2.08. The van der Waals surface area contributed by atoms with E-state index in [1.807, 2.05) is 7.05 Å². The van der Waals surface area contributed by atoms with E-state index in [1.165, 1.54) is 0 Å². The number of hydrogen-bond donors (Lipinski definition) is 2. The highest BCUT2D eigenvalue weighted by Gasteiger charge is 2.07. The maximum atomic E-state index is 10.9. The molecule has 0 saturated carbocycles. The van der Waals surface area contributed by atoms with Gasteiger partial charge < -0.3 is 10.6 Å². The average molecular weight is 186 g/mol. The van der Waals surface area contributed by atoms with Crippen molar-refractivity contribution >= 4 is 5.91 Å². The van der Waals surface area contributed by atoms with Crippen LogP contribution in [-0.4, -0.2) is 32.6 Å². The molecule has 0 rings (SSSR count). The maximum Gasteiger partial charge on any atom is 0.221 e. The van der Waals surface area contributed by atoms with Gasteiger partial charge >= 0.3 is 0 Å². The molecular weight excluding hydrogens is 166 g/mol. The summed E-state index contributed by atoms with van der Waals surface area (Å²) in [6.45, 7) is 0.993. The molecule has 1 amide bonds. The third-order valence-electron chi connectivity index (χ3n) is 1.94. The highest BCUT2D eigenvalue weighted by atomic mass is 16.1. The first-order valence-electron chi connectivity index (χ1n) is 4.77. The summed E-state index contributed by atoms with van der Waals surface area (Å²) in [5.41, 5.74) is 7.56. The van der Waals surface area contributed by atoms with Gasteiger partial charge in [0.15, 0.2) is 0 Å². The maximum absolute atomic E-state index is 10.9. The Morgan fingerprint density at radius 2 is 2.08 bits per heavy atom. The van der Waals surface area contributed by atoms with Gasteiger partial charge in [-0.25, -0.2) is 0 Å². The minimum Gasteiger partial charge on any atom is -0.359 e. The van der Waals surface area contributed by atoms with E-state index in [0.29, 0.717) is 6.42 Å². The Balaban J connectivity index is 3.29. The summed E-state index contributed by atoms with van der Waals surface area (Å²) in [6, 6.07) is -0.239. The monoisotopic (exact) mass is 186 g/mol. The summed E-state index contributed by atoms with van der Waals surface area (Å²) in [5, 5.41) is 5.58. The zero-order chi connectivity index (χ0) is 10.1. The highest BCUT2D eigenvalue weighted by molar-refractivity contribution is 5.76. The van der Waals surface area contributed by atoms with Crippen molar-refractivity contribution in [3.05, 3.63) is 0 Å². The van der Waals surface area contributed by atoms with Crippen LogP contribution in [0.3, 0.4) is 0 Å². The minimum atomic E-state index is -0.239. The van der Waals surface area contributed by atoms with Gasteiger partial charge in [-0.15, -0.1) is 0 Å². The molecule has 0 saturated heterocycles. The van der Waals surface area contributed by atoms with Gasteiger partial charge in [0.2, 0.25) is 5.91 Å². The van der Waals surface area contributed by atoms with E-state index in [9.17, 15) is 4.79 Å². The van der Waals surface area contributed by atoms with Crippen molar-refractivity contribution < 1.29 is 4.79 Å². The van der Waals surface area contributed by atoms with Gasteiger partial charge in [-0.3, -0.25) is 10.5 Å². The van der Waals surface area contributed by atoms with Gasteiger partial charge in [0.1, 0.15) is 0 Å². The summed E-state index contributed by atoms with van der Waals surface area (Å²) in [6.07, 6.45) is 3.25. The van der Waals surface area contributed by atoms with Crippen LogP contribution in [0.1, 0.15) is 25.7 Å². The Morgan fingerprint density at radius 1 is 1.38 bits per heavy atom. The lowest BCUT2D eigenvalue weighted by Crippen LogP contribution is -2.24. The first-order valence-corrected chi connectivity index (χ1v) is 4.77. The standard InChI is InChI=1S/C9H20N3O/c1-11-6-4-3-5-8(10)7-9(13)12-2/h8,10-11H,3-7H2,1-2H3,(H,12,13). The van der Waals surface area contributed by atoms with E-state index in [1.54, 1.807) is 7.05 Å². The molecule has 1 radical (unpaired) electrons. The zero-order valence-electron chi connectivity index (χ0n) is 8.52. The molecule has 0 aliphatic carbocycles. The molecule has 0 heterocycles.